The molecule has 6 nitrogen and oxygen atoms in total. The average molecular weight is 569 g/mol. The van der Waals surface area contributed by atoms with Crippen molar-refractivity contribution in [1.29, 1.82) is 0 Å². The van der Waals surface area contributed by atoms with Crippen molar-refractivity contribution in [3.05, 3.63) is 120 Å². The summed E-state index contributed by atoms with van der Waals surface area (Å²) in [4.78, 5) is 20.2. The number of hydrogen-bond donors (Lipinski definition) is 2. The zero-order chi connectivity index (χ0) is 26.2. The number of aromatic nitrogens is 4. The van der Waals surface area contributed by atoms with Crippen LogP contribution >= 0.6 is 15.9 Å². The monoisotopic (exact) mass is 568 g/mol. The number of anilines is 4. The summed E-state index contributed by atoms with van der Waals surface area (Å²) < 4.78 is 1.00. The van der Waals surface area contributed by atoms with Crippen LogP contribution in [0.3, 0.4) is 0 Å². The van der Waals surface area contributed by atoms with Crippen LogP contribution < -0.4 is 10.6 Å². The summed E-state index contributed by atoms with van der Waals surface area (Å²) >= 11 is 3.53. The van der Waals surface area contributed by atoms with Gasteiger partial charge in [-0.15, -0.1) is 0 Å². The van der Waals surface area contributed by atoms with Crippen molar-refractivity contribution in [2.45, 2.75) is 0 Å². The van der Waals surface area contributed by atoms with E-state index in [1.54, 1.807) is 0 Å². The summed E-state index contributed by atoms with van der Waals surface area (Å²) in [5, 5.41) is 6.82. The van der Waals surface area contributed by atoms with E-state index in [1.807, 2.05) is 115 Å². The van der Waals surface area contributed by atoms with Crippen LogP contribution in [0.15, 0.2) is 120 Å². The first-order chi connectivity index (χ1) is 19.2. The van der Waals surface area contributed by atoms with Crippen molar-refractivity contribution in [3.8, 4) is 45.0 Å². The van der Waals surface area contributed by atoms with Crippen LogP contribution in [0.5, 0.6) is 0 Å². The highest BCUT2D eigenvalue weighted by molar-refractivity contribution is 9.10. The van der Waals surface area contributed by atoms with E-state index in [0.29, 0.717) is 23.3 Å². The maximum absolute atomic E-state index is 5.05. The smallest absolute Gasteiger partial charge is 0.175 e. The van der Waals surface area contributed by atoms with Gasteiger partial charge in [0, 0.05) is 26.7 Å². The van der Waals surface area contributed by atoms with Crippen molar-refractivity contribution < 1.29 is 0 Å². The van der Waals surface area contributed by atoms with E-state index in [-0.39, 0.29) is 0 Å². The Bertz CT molecular complexity index is 1790. The van der Waals surface area contributed by atoms with E-state index in [1.165, 1.54) is 0 Å². The Kier molecular flexibility index (Phi) is 5.83. The molecule has 0 amide bonds. The predicted octanol–water partition coefficient (Wildman–Crippen LogP) is 8.50. The molecule has 0 unspecified atom stereocenters. The van der Waals surface area contributed by atoms with E-state index < -0.39 is 0 Å². The number of fused-ring (bicyclic) bond motifs is 2. The molecule has 6 aromatic rings. The number of rotatable bonds is 4. The molecule has 0 fully saturated rings. The molecule has 0 bridgehead atoms. The molecule has 186 valence electrons. The van der Waals surface area contributed by atoms with Crippen LogP contribution in [-0.4, -0.2) is 19.9 Å². The van der Waals surface area contributed by atoms with E-state index in [2.05, 4.69) is 26.6 Å². The van der Waals surface area contributed by atoms with Gasteiger partial charge in [0.1, 0.15) is 0 Å². The Balaban J connectivity index is 1.39. The number of hydrogen-bond acceptors (Lipinski definition) is 6. The summed E-state index contributed by atoms with van der Waals surface area (Å²) in [5.41, 5.74) is 7.07. The third-order valence-electron chi connectivity index (χ3n) is 6.52. The molecule has 2 N–H and O–H groups in total. The van der Waals surface area contributed by atoms with Crippen molar-refractivity contribution in [2.24, 2.45) is 0 Å². The lowest BCUT2D eigenvalue weighted by molar-refractivity contribution is 1.12. The molecule has 7 heteroatoms. The van der Waals surface area contributed by atoms with Crippen molar-refractivity contribution >= 4 is 39.2 Å². The molecular formula is C32H21BrN6. The van der Waals surface area contributed by atoms with Gasteiger partial charge in [-0.3, -0.25) is 0 Å². The molecule has 1 aliphatic heterocycles. The van der Waals surface area contributed by atoms with Gasteiger partial charge in [0.2, 0.25) is 0 Å². The minimum atomic E-state index is 0.598. The molecular weight excluding hydrogens is 548 g/mol. The van der Waals surface area contributed by atoms with Crippen LogP contribution in [0.4, 0.5) is 23.3 Å². The number of nitrogens with one attached hydrogen (secondary N) is 2. The second kappa shape index (κ2) is 9.78. The Morgan fingerprint density at radius 2 is 0.641 bits per heavy atom. The molecule has 0 aliphatic carbocycles. The maximum Gasteiger partial charge on any atom is 0.175 e. The third kappa shape index (κ3) is 4.43. The van der Waals surface area contributed by atoms with Crippen molar-refractivity contribution in [1.82, 2.24) is 19.9 Å². The van der Waals surface area contributed by atoms with Crippen LogP contribution in [0, 0.1) is 0 Å². The van der Waals surface area contributed by atoms with Gasteiger partial charge < -0.3 is 10.6 Å². The van der Waals surface area contributed by atoms with Gasteiger partial charge >= 0.3 is 0 Å². The van der Waals surface area contributed by atoms with Crippen molar-refractivity contribution in [3.63, 3.8) is 0 Å². The second-order valence-corrected chi connectivity index (χ2v) is 10.0. The fraction of sp³-hybridized carbons (Fsp3) is 0. The second-order valence-electron chi connectivity index (χ2n) is 9.09. The van der Waals surface area contributed by atoms with Crippen LogP contribution in [0.1, 0.15) is 0 Å². The summed E-state index contributed by atoms with van der Waals surface area (Å²) in [6.45, 7) is 0. The third-order valence-corrected chi connectivity index (χ3v) is 7.05. The van der Waals surface area contributed by atoms with E-state index in [4.69, 9.17) is 19.9 Å². The zero-order valence-electron chi connectivity index (χ0n) is 20.6. The minimum Gasteiger partial charge on any atom is -0.319 e. The molecule has 1 aliphatic rings. The first-order valence-electron chi connectivity index (χ1n) is 12.5. The van der Waals surface area contributed by atoms with Gasteiger partial charge in [0.15, 0.2) is 23.3 Å². The minimum absolute atomic E-state index is 0.598. The Labute approximate surface area is 234 Å². The van der Waals surface area contributed by atoms with Gasteiger partial charge in [-0.05, 0) is 12.1 Å². The predicted molar refractivity (Wildman–Crippen MR) is 160 cm³/mol. The first kappa shape index (κ1) is 23.3. The Morgan fingerprint density at radius 1 is 0.359 bits per heavy atom. The van der Waals surface area contributed by atoms with E-state index >= 15 is 0 Å². The van der Waals surface area contributed by atoms with Gasteiger partial charge in [-0.2, -0.15) is 0 Å². The van der Waals surface area contributed by atoms with Gasteiger partial charge in [0.25, 0.3) is 0 Å². The Morgan fingerprint density at radius 3 is 0.949 bits per heavy atom. The zero-order valence-corrected chi connectivity index (χ0v) is 22.2. The van der Waals surface area contributed by atoms with Crippen LogP contribution in [0.2, 0.25) is 0 Å². The topological polar surface area (TPSA) is 75.6 Å². The number of nitrogens with zero attached hydrogens (tertiary/aromatic N) is 4. The Hall–Kier alpha value is -4.88. The molecule has 0 saturated carbocycles. The highest BCUT2D eigenvalue weighted by Crippen LogP contribution is 2.41. The molecule has 4 aromatic carbocycles. The average Bonchev–Trinajstić information content (AvgIpc) is 3.00. The summed E-state index contributed by atoms with van der Waals surface area (Å²) in [7, 11) is 0. The van der Waals surface area contributed by atoms with Crippen LogP contribution in [0.25, 0.3) is 45.0 Å². The fourth-order valence-corrected chi connectivity index (χ4v) is 4.91. The molecule has 3 heterocycles. The molecule has 7 rings (SSSR count). The molecule has 39 heavy (non-hydrogen) atoms. The molecule has 0 saturated heterocycles. The summed E-state index contributed by atoms with van der Waals surface area (Å²) in [6, 6.07) is 38.4. The SMILES string of the molecule is Brc1ccc(-c2nc3c(nc2-c2ccccc2)Nc2nc(-c4ccccc4)c(-c4ccccc4)nc2N3)cc1. The van der Waals surface area contributed by atoms with Crippen LogP contribution in [-0.2, 0) is 0 Å². The molecule has 0 atom stereocenters. The standard InChI is InChI=1S/C32H21BrN6/c33-24-18-16-23(17-19-24)28-27(22-14-8-3-9-15-22)36-31-32(37-28)39-30-29(38-31)34-25(20-10-4-1-5-11-20)26(35-30)21-12-6-2-7-13-21/h1-19H,(H,34,36,38)(H,35,37,39). The molecule has 2 aromatic heterocycles. The van der Waals surface area contributed by atoms with E-state index in [9.17, 15) is 0 Å². The molecule has 0 radical (unpaired) electrons. The lowest BCUT2D eigenvalue weighted by Gasteiger charge is -2.23. The highest BCUT2D eigenvalue weighted by atomic mass is 79.9. The lowest BCUT2D eigenvalue weighted by atomic mass is 10.0. The number of halogens is 1. The van der Waals surface area contributed by atoms with Gasteiger partial charge in [0.05, 0.1) is 22.8 Å². The van der Waals surface area contributed by atoms with Crippen molar-refractivity contribution in [2.75, 3.05) is 10.6 Å². The fourth-order valence-electron chi connectivity index (χ4n) is 4.64. The maximum atomic E-state index is 5.05. The number of benzene rings is 4. The van der Waals surface area contributed by atoms with E-state index in [0.717, 1.165) is 49.5 Å². The quantitative estimate of drug-likeness (QED) is 0.221. The normalized spacial score (nSPS) is 11.6. The molecule has 0 spiro atoms. The lowest BCUT2D eigenvalue weighted by Crippen LogP contribution is -2.15. The van der Waals surface area contributed by atoms with Gasteiger partial charge in [-0.1, -0.05) is 119 Å². The summed E-state index contributed by atoms with van der Waals surface area (Å²) in [5.74, 6) is 2.40. The summed E-state index contributed by atoms with van der Waals surface area (Å²) in [6.07, 6.45) is 0. The van der Waals surface area contributed by atoms with Gasteiger partial charge in [-0.25, -0.2) is 19.9 Å². The highest BCUT2D eigenvalue weighted by Gasteiger charge is 2.26. The largest absolute Gasteiger partial charge is 0.319 e. The first-order valence-corrected chi connectivity index (χ1v) is 13.3.